The molecule has 1 heterocycles. The van der Waals surface area contributed by atoms with E-state index in [0.717, 1.165) is 19.4 Å². The number of carbonyl (C=O) groups is 1. The summed E-state index contributed by atoms with van der Waals surface area (Å²) in [5.41, 5.74) is 0. The van der Waals surface area contributed by atoms with Gasteiger partial charge in [0, 0.05) is 19.5 Å². The van der Waals surface area contributed by atoms with Crippen molar-refractivity contribution in [2.45, 2.75) is 32.3 Å². The minimum Gasteiger partial charge on any atom is -0.391 e. The minimum absolute atomic E-state index is 0.184. The van der Waals surface area contributed by atoms with Gasteiger partial charge < -0.3 is 10.0 Å². The number of carbonyl (C=O) groups excluding carboxylic acids is 1. The monoisotopic (exact) mass is 157 g/mol. The van der Waals surface area contributed by atoms with Crippen LogP contribution < -0.4 is 0 Å². The third kappa shape index (κ3) is 2.19. The topological polar surface area (TPSA) is 40.5 Å². The van der Waals surface area contributed by atoms with Gasteiger partial charge in [-0.05, 0) is 12.8 Å². The summed E-state index contributed by atoms with van der Waals surface area (Å²) >= 11 is 0. The average molecular weight is 157 g/mol. The van der Waals surface area contributed by atoms with Crippen LogP contribution >= 0.6 is 0 Å². The number of hydrogen-bond donors (Lipinski definition) is 1. The standard InChI is InChI=1S/C8H15NO2/c1-2-3-8(11)9-5-4-7(10)6-9/h7,10H,2-6H2,1H3. The van der Waals surface area contributed by atoms with E-state index in [1.807, 2.05) is 6.92 Å². The zero-order valence-electron chi connectivity index (χ0n) is 6.92. The van der Waals surface area contributed by atoms with E-state index >= 15 is 0 Å². The maximum atomic E-state index is 11.2. The molecule has 3 heteroatoms. The molecular formula is C8H15NO2. The second-order valence-electron chi connectivity index (χ2n) is 3.03. The van der Waals surface area contributed by atoms with Crippen molar-refractivity contribution in [1.29, 1.82) is 0 Å². The highest BCUT2D eigenvalue weighted by Crippen LogP contribution is 2.10. The van der Waals surface area contributed by atoms with Crippen LogP contribution in [0.3, 0.4) is 0 Å². The highest BCUT2D eigenvalue weighted by Gasteiger charge is 2.23. The van der Waals surface area contributed by atoms with Gasteiger partial charge in [-0.2, -0.15) is 0 Å². The first-order chi connectivity index (χ1) is 5.24. The molecule has 0 aliphatic carbocycles. The Morgan fingerprint density at radius 3 is 2.91 bits per heavy atom. The largest absolute Gasteiger partial charge is 0.391 e. The molecule has 1 atom stereocenters. The van der Waals surface area contributed by atoms with Crippen LogP contribution in [-0.2, 0) is 4.79 Å². The van der Waals surface area contributed by atoms with Crippen molar-refractivity contribution >= 4 is 5.91 Å². The fraction of sp³-hybridized carbons (Fsp3) is 0.875. The van der Waals surface area contributed by atoms with Crippen LogP contribution in [0.25, 0.3) is 0 Å². The predicted octanol–water partition coefficient (Wildman–Crippen LogP) is 0.380. The second-order valence-corrected chi connectivity index (χ2v) is 3.03. The average Bonchev–Trinajstić information content (AvgIpc) is 2.36. The van der Waals surface area contributed by atoms with Crippen molar-refractivity contribution in [3.8, 4) is 0 Å². The number of β-amino-alcohol motifs (C(OH)–C–C–N with tert-alkyl or cyclic N) is 1. The molecule has 3 nitrogen and oxygen atoms in total. The van der Waals surface area contributed by atoms with Crippen molar-refractivity contribution in [1.82, 2.24) is 4.90 Å². The van der Waals surface area contributed by atoms with Crippen molar-refractivity contribution in [3.63, 3.8) is 0 Å². The molecule has 64 valence electrons. The lowest BCUT2D eigenvalue weighted by molar-refractivity contribution is -0.130. The zero-order valence-corrected chi connectivity index (χ0v) is 6.92. The fourth-order valence-corrected chi connectivity index (χ4v) is 1.34. The van der Waals surface area contributed by atoms with E-state index in [9.17, 15) is 4.79 Å². The molecule has 1 aliphatic rings. The zero-order chi connectivity index (χ0) is 8.27. The Hall–Kier alpha value is -0.570. The molecule has 0 aromatic heterocycles. The Bertz CT molecular complexity index is 147. The molecular weight excluding hydrogens is 142 g/mol. The van der Waals surface area contributed by atoms with Gasteiger partial charge in [0.05, 0.1) is 6.10 Å². The van der Waals surface area contributed by atoms with Gasteiger partial charge >= 0.3 is 0 Å². The number of likely N-dealkylation sites (tertiary alicyclic amines) is 1. The van der Waals surface area contributed by atoms with Crippen LogP contribution in [0.5, 0.6) is 0 Å². The summed E-state index contributed by atoms with van der Waals surface area (Å²) < 4.78 is 0. The molecule has 0 saturated carbocycles. The number of aliphatic hydroxyl groups is 1. The molecule has 1 aliphatic heterocycles. The van der Waals surface area contributed by atoms with Gasteiger partial charge in [-0.25, -0.2) is 0 Å². The molecule has 1 N–H and O–H groups in total. The summed E-state index contributed by atoms with van der Waals surface area (Å²) in [6, 6.07) is 0. The van der Waals surface area contributed by atoms with E-state index in [2.05, 4.69) is 0 Å². The lowest BCUT2D eigenvalue weighted by Crippen LogP contribution is -2.29. The van der Waals surface area contributed by atoms with E-state index in [4.69, 9.17) is 5.11 Å². The molecule has 1 fully saturated rings. The third-order valence-corrected chi connectivity index (χ3v) is 1.98. The maximum absolute atomic E-state index is 11.2. The van der Waals surface area contributed by atoms with E-state index in [1.165, 1.54) is 0 Å². The SMILES string of the molecule is CCCC(=O)N1CCC(O)C1. The van der Waals surface area contributed by atoms with Crippen molar-refractivity contribution in [2.24, 2.45) is 0 Å². The Kier molecular flexibility index (Phi) is 2.88. The van der Waals surface area contributed by atoms with Gasteiger partial charge in [0.2, 0.25) is 5.91 Å². The highest BCUT2D eigenvalue weighted by atomic mass is 16.3. The Morgan fingerprint density at radius 2 is 2.45 bits per heavy atom. The highest BCUT2D eigenvalue weighted by molar-refractivity contribution is 5.76. The normalized spacial score (nSPS) is 24.2. The first kappa shape index (κ1) is 8.53. The lowest BCUT2D eigenvalue weighted by atomic mass is 10.3. The predicted molar refractivity (Wildman–Crippen MR) is 42.1 cm³/mol. The fourth-order valence-electron chi connectivity index (χ4n) is 1.34. The van der Waals surface area contributed by atoms with E-state index in [0.29, 0.717) is 13.0 Å². The Labute approximate surface area is 67.0 Å². The molecule has 1 rings (SSSR count). The van der Waals surface area contributed by atoms with Gasteiger partial charge in [-0.1, -0.05) is 6.92 Å². The van der Waals surface area contributed by atoms with Crippen LogP contribution in [0.2, 0.25) is 0 Å². The number of aliphatic hydroxyl groups excluding tert-OH is 1. The summed E-state index contributed by atoms with van der Waals surface area (Å²) in [5.74, 6) is 0.184. The molecule has 0 spiro atoms. The first-order valence-electron chi connectivity index (χ1n) is 4.20. The summed E-state index contributed by atoms with van der Waals surface area (Å²) in [7, 11) is 0. The third-order valence-electron chi connectivity index (χ3n) is 1.98. The van der Waals surface area contributed by atoms with Crippen LogP contribution in [-0.4, -0.2) is 35.1 Å². The molecule has 1 amide bonds. The quantitative estimate of drug-likeness (QED) is 0.629. The number of amides is 1. The molecule has 0 aromatic carbocycles. The molecule has 0 aromatic rings. The smallest absolute Gasteiger partial charge is 0.222 e. The lowest BCUT2D eigenvalue weighted by Gasteiger charge is -2.14. The van der Waals surface area contributed by atoms with Crippen molar-refractivity contribution < 1.29 is 9.90 Å². The minimum atomic E-state index is -0.282. The van der Waals surface area contributed by atoms with Gasteiger partial charge in [0.15, 0.2) is 0 Å². The van der Waals surface area contributed by atoms with Gasteiger partial charge in [-0.15, -0.1) is 0 Å². The van der Waals surface area contributed by atoms with Crippen molar-refractivity contribution in [2.75, 3.05) is 13.1 Å². The molecule has 0 radical (unpaired) electrons. The first-order valence-corrected chi connectivity index (χ1v) is 4.20. The van der Waals surface area contributed by atoms with Gasteiger partial charge in [0.25, 0.3) is 0 Å². The molecule has 1 unspecified atom stereocenters. The second kappa shape index (κ2) is 3.72. The van der Waals surface area contributed by atoms with Crippen LogP contribution in [0.15, 0.2) is 0 Å². The Balaban J connectivity index is 2.31. The number of hydrogen-bond acceptors (Lipinski definition) is 2. The Morgan fingerprint density at radius 1 is 1.73 bits per heavy atom. The van der Waals surface area contributed by atoms with E-state index in [-0.39, 0.29) is 12.0 Å². The maximum Gasteiger partial charge on any atom is 0.222 e. The summed E-state index contributed by atoms with van der Waals surface area (Å²) in [6.07, 6.45) is 1.98. The number of rotatable bonds is 2. The van der Waals surface area contributed by atoms with Crippen LogP contribution in [0.1, 0.15) is 26.2 Å². The summed E-state index contributed by atoms with van der Waals surface area (Å²) in [4.78, 5) is 12.9. The number of nitrogens with zero attached hydrogens (tertiary/aromatic N) is 1. The van der Waals surface area contributed by atoms with E-state index in [1.54, 1.807) is 4.90 Å². The van der Waals surface area contributed by atoms with Crippen LogP contribution in [0, 0.1) is 0 Å². The molecule has 0 bridgehead atoms. The van der Waals surface area contributed by atoms with Gasteiger partial charge in [0.1, 0.15) is 0 Å². The van der Waals surface area contributed by atoms with Crippen molar-refractivity contribution in [3.05, 3.63) is 0 Å². The summed E-state index contributed by atoms with van der Waals surface area (Å²) in [6.45, 7) is 3.27. The summed E-state index contributed by atoms with van der Waals surface area (Å²) in [5, 5.41) is 9.12. The molecule has 11 heavy (non-hydrogen) atoms. The van der Waals surface area contributed by atoms with E-state index < -0.39 is 0 Å². The van der Waals surface area contributed by atoms with Gasteiger partial charge in [-0.3, -0.25) is 4.79 Å². The van der Waals surface area contributed by atoms with Crippen LogP contribution in [0.4, 0.5) is 0 Å². The molecule has 1 saturated heterocycles.